The summed E-state index contributed by atoms with van der Waals surface area (Å²) in [5.41, 5.74) is 13.1. The number of para-hydroxylation sites is 5. The van der Waals surface area contributed by atoms with Crippen LogP contribution in [0, 0.1) is 0 Å². The van der Waals surface area contributed by atoms with Crippen molar-refractivity contribution in [1.82, 2.24) is 18.3 Å². The van der Waals surface area contributed by atoms with Crippen LogP contribution in [0.25, 0.3) is 111 Å². The lowest BCUT2D eigenvalue weighted by Gasteiger charge is -2.13. The molecule has 0 unspecified atom stereocenters. The van der Waals surface area contributed by atoms with Crippen molar-refractivity contribution in [2.24, 2.45) is 0 Å². The first-order chi connectivity index (χ1) is 28.8. The van der Waals surface area contributed by atoms with Crippen LogP contribution in [0.5, 0.6) is 0 Å². The van der Waals surface area contributed by atoms with Gasteiger partial charge in [0.2, 0.25) is 0 Å². The molecule has 13 rings (SSSR count). The van der Waals surface area contributed by atoms with Gasteiger partial charge in [0, 0.05) is 71.0 Å². The van der Waals surface area contributed by atoms with E-state index in [1.54, 1.807) is 0 Å². The number of hydrogen-bond donors (Lipinski definition) is 0. The van der Waals surface area contributed by atoms with Gasteiger partial charge < -0.3 is 18.3 Å². The van der Waals surface area contributed by atoms with Crippen LogP contribution in [0.2, 0.25) is 0 Å². The molecule has 1 aliphatic carbocycles. The predicted octanol–water partition coefficient (Wildman–Crippen LogP) is 12.3. The van der Waals surface area contributed by atoms with Crippen LogP contribution in [-0.2, 0) is 0 Å². The first-order valence-electron chi connectivity index (χ1n) is 20.3. The second-order valence-corrected chi connectivity index (χ2v) is 15.6. The largest absolute Gasteiger partial charge is 0.310 e. The molecule has 4 nitrogen and oxygen atoms in total. The highest BCUT2D eigenvalue weighted by atomic mass is 15.0. The third-order valence-electron chi connectivity index (χ3n) is 12.6. The van der Waals surface area contributed by atoms with E-state index < -0.39 is 0 Å². The molecular weight excluding hydrogens is 705 g/mol. The molecule has 0 bridgehead atoms. The first kappa shape index (κ1) is 31.6. The van der Waals surface area contributed by atoms with Crippen molar-refractivity contribution in [2.45, 2.75) is 12.8 Å². The molecule has 4 heteroatoms. The Kier molecular flexibility index (Phi) is 6.53. The van der Waals surface area contributed by atoms with Crippen molar-refractivity contribution in [1.29, 1.82) is 0 Å². The van der Waals surface area contributed by atoms with Crippen LogP contribution in [0.4, 0.5) is 0 Å². The van der Waals surface area contributed by atoms with Gasteiger partial charge in [0.05, 0.1) is 38.6 Å². The molecule has 8 aromatic carbocycles. The summed E-state index contributed by atoms with van der Waals surface area (Å²) in [6.07, 6.45) is 6.98. The zero-order chi connectivity index (χ0) is 37.9. The average molecular weight is 741 g/mol. The Balaban J connectivity index is 1.05. The zero-order valence-electron chi connectivity index (χ0n) is 31.7. The molecular formula is C54H36N4. The maximum Gasteiger partial charge on any atom is 0.0562 e. The monoisotopic (exact) mass is 740 g/mol. The summed E-state index contributed by atoms with van der Waals surface area (Å²) in [5.74, 6) is 0. The summed E-state index contributed by atoms with van der Waals surface area (Å²) < 4.78 is 9.77. The van der Waals surface area contributed by atoms with E-state index in [1.165, 1.54) is 92.6 Å². The van der Waals surface area contributed by atoms with Crippen molar-refractivity contribution in [2.75, 3.05) is 0 Å². The molecule has 0 atom stereocenters. The fourth-order valence-corrected chi connectivity index (χ4v) is 10.1. The van der Waals surface area contributed by atoms with Crippen LogP contribution in [0.1, 0.15) is 12.8 Å². The van der Waals surface area contributed by atoms with Crippen molar-refractivity contribution < 1.29 is 0 Å². The molecule has 0 amide bonds. The number of benzene rings is 8. The summed E-state index contributed by atoms with van der Waals surface area (Å²) in [7, 11) is 0. The summed E-state index contributed by atoms with van der Waals surface area (Å²) in [6, 6.07) is 66.9. The molecule has 0 fully saturated rings. The molecule has 4 aromatic heterocycles. The van der Waals surface area contributed by atoms with Crippen LogP contribution in [0.15, 0.2) is 182 Å². The standard InChI is InChI=1S/C54H36N4/c1-3-15-35(16-4-1)55-47-23-11-7-19-39(47)43-31-45-41-21-9-13-25-49(41)57(53(45)33-51(43)55)37-27-29-38(30-28-37)58-50-26-14-10-22-42(50)46-32-44-40-20-8-12-24-48(40)56(52(44)34-54(46)58)36-17-5-2-6-18-36/h1-7,9-11,13-34H,8,12H2. The predicted molar refractivity (Wildman–Crippen MR) is 244 cm³/mol. The van der Waals surface area contributed by atoms with E-state index >= 15 is 0 Å². The summed E-state index contributed by atoms with van der Waals surface area (Å²) in [4.78, 5) is 0. The van der Waals surface area contributed by atoms with Crippen LogP contribution in [0.3, 0.4) is 0 Å². The molecule has 0 saturated carbocycles. The van der Waals surface area contributed by atoms with Gasteiger partial charge in [-0.2, -0.15) is 0 Å². The molecule has 0 N–H and O–H groups in total. The van der Waals surface area contributed by atoms with Gasteiger partial charge in [0.1, 0.15) is 0 Å². The smallest absolute Gasteiger partial charge is 0.0562 e. The third-order valence-corrected chi connectivity index (χ3v) is 12.6. The number of fused-ring (bicyclic) bond motifs is 12. The summed E-state index contributed by atoms with van der Waals surface area (Å²) in [5, 5.41) is 11.5. The average Bonchev–Trinajstić information content (AvgIpc) is 4.00. The Labute approximate surface area is 333 Å². The maximum atomic E-state index is 2.46. The second kappa shape index (κ2) is 12.0. The molecule has 272 valence electrons. The Morgan fingerprint density at radius 3 is 1.10 bits per heavy atom. The highest BCUT2D eigenvalue weighted by Crippen LogP contribution is 2.40. The summed E-state index contributed by atoms with van der Waals surface area (Å²) in [6.45, 7) is 0. The van der Waals surface area contributed by atoms with Gasteiger partial charge in [0.25, 0.3) is 0 Å². The van der Waals surface area contributed by atoms with E-state index in [0.29, 0.717) is 0 Å². The summed E-state index contributed by atoms with van der Waals surface area (Å²) >= 11 is 0. The SMILES string of the molecule is C1=c2c(n(-c3ccccc3)c3cc4c(cc23)c2ccccc2n4-c2ccc(-n3c4ccccc4c4cc5c6ccccc6n(-c6ccccc6)c5cc43)cc2)=CCC1. The fourth-order valence-electron chi connectivity index (χ4n) is 10.1. The van der Waals surface area contributed by atoms with Crippen LogP contribution >= 0.6 is 0 Å². The number of hydrogen-bond acceptors (Lipinski definition) is 0. The highest BCUT2D eigenvalue weighted by molar-refractivity contribution is 6.19. The van der Waals surface area contributed by atoms with Gasteiger partial charge in [-0.3, -0.25) is 0 Å². The lowest BCUT2D eigenvalue weighted by atomic mass is 10.1. The quantitative estimate of drug-likeness (QED) is 0.171. The number of rotatable bonds is 4. The molecule has 1 aliphatic rings. The van der Waals surface area contributed by atoms with E-state index in [4.69, 9.17) is 0 Å². The van der Waals surface area contributed by atoms with E-state index in [2.05, 4.69) is 212 Å². The van der Waals surface area contributed by atoms with Gasteiger partial charge in [-0.15, -0.1) is 0 Å². The fraction of sp³-hybridized carbons (Fsp3) is 0.0370. The minimum Gasteiger partial charge on any atom is -0.310 e. The highest BCUT2D eigenvalue weighted by Gasteiger charge is 2.20. The molecule has 58 heavy (non-hydrogen) atoms. The minimum absolute atomic E-state index is 1.06. The number of nitrogens with zero attached hydrogens (tertiary/aromatic N) is 4. The zero-order valence-corrected chi connectivity index (χ0v) is 31.7. The second-order valence-electron chi connectivity index (χ2n) is 15.6. The molecule has 12 aromatic rings. The minimum atomic E-state index is 1.06. The van der Waals surface area contributed by atoms with Gasteiger partial charge >= 0.3 is 0 Å². The third kappa shape index (κ3) is 4.34. The van der Waals surface area contributed by atoms with Gasteiger partial charge in [-0.05, 0) is 104 Å². The van der Waals surface area contributed by atoms with Crippen LogP contribution < -0.4 is 10.6 Å². The van der Waals surface area contributed by atoms with Crippen molar-refractivity contribution >= 4 is 88.5 Å². The topological polar surface area (TPSA) is 19.7 Å². The van der Waals surface area contributed by atoms with Crippen molar-refractivity contribution in [3.8, 4) is 22.7 Å². The molecule has 0 spiro atoms. The maximum absolute atomic E-state index is 2.46. The lowest BCUT2D eigenvalue weighted by Crippen LogP contribution is -2.30. The lowest BCUT2D eigenvalue weighted by molar-refractivity contribution is 1.02. The number of aromatic nitrogens is 4. The molecule has 4 heterocycles. The van der Waals surface area contributed by atoms with E-state index in [0.717, 1.165) is 29.9 Å². The normalized spacial score (nSPS) is 13.0. The Hall–Kier alpha value is -7.56. The van der Waals surface area contributed by atoms with Gasteiger partial charge in [-0.1, -0.05) is 103 Å². The van der Waals surface area contributed by atoms with Crippen molar-refractivity contribution in [3.63, 3.8) is 0 Å². The molecule has 0 aliphatic heterocycles. The Bertz CT molecular complexity index is 3760. The van der Waals surface area contributed by atoms with E-state index in [-0.39, 0.29) is 0 Å². The van der Waals surface area contributed by atoms with Gasteiger partial charge in [0.15, 0.2) is 0 Å². The molecule has 0 radical (unpaired) electrons. The van der Waals surface area contributed by atoms with Gasteiger partial charge in [-0.25, -0.2) is 0 Å². The van der Waals surface area contributed by atoms with Crippen molar-refractivity contribution in [3.05, 3.63) is 193 Å². The van der Waals surface area contributed by atoms with E-state index in [9.17, 15) is 0 Å². The van der Waals surface area contributed by atoms with E-state index in [1.807, 2.05) is 0 Å². The molecule has 0 saturated heterocycles. The Morgan fingerprint density at radius 2 is 0.621 bits per heavy atom. The Morgan fingerprint density at radius 1 is 0.259 bits per heavy atom. The first-order valence-corrected chi connectivity index (χ1v) is 20.3. The van der Waals surface area contributed by atoms with Crippen LogP contribution in [-0.4, -0.2) is 18.3 Å².